The van der Waals surface area contributed by atoms with E-state index in [1.165, 1.54) is 0 Å². The molecule has 0 radical (unpaired) electrons. The van der Waals surface area contributed by atoms with Crippen LogP contribution in [0.2, 0.25) is 0 Å². The number of benzene rings is 1. The Morgan fingerprint density at radius 3 is 3.05 bits per heavy atom. The Morgan fingerprint density at radius 1 is 1.37 bits per heavy atom. The molecule has 1 atom stereocenters. The predicted octanol–water partition coefficient (Wildman–Crippen LogP) is 3.12. The summed E-state index contributed by atoms with van der Waals surface area (Å²) in [7, 11) is 0. The zero-order valence-corrected chi connectivity index (χ0v) is 11.2. The molecular formula is C14H13N3OS. The molecule has 4 nitrogen and oxygen atoms in total. The normalized spacial score (nSPS) is 12.5. The van der Waals surface area contributed by atoms with Crippen LogP contribution in [0.25, 0.3) is 10.9 Å². The van der Waals surface area contributed by atoms with E-state index >= 15 is 0 Å². The quantitative estimate of drug-likeness (QED) is 0.769. The molecule has 0 bridgehead atoms. The summed E-state index contributed by atoms with van der Waals surface area (Å²) in [5.41, 5.74) is 1.40. The van der Waals surface area contributed by atoms with Crippen LogP contribution < -0.4 is 5.32 Å². The molecule has 3 aromatic rings. The molecule has 0 saturated heterocycles. The van der Waals surface area contributed by atoms with Crippen LogP contribution in [0.1, 0.15) is 28.2 Å². The summed E-state index contributed by atoms with van der Waals surface area (Å²) >= 11 is 1.64. The van der Waals surface area contributed by atoms with E-state index in [1.54, 1.807) is 23.6 Å². The number of carbonyl (C=O) groups is 1. The highest BCUT2D eigenvalue weighted by molar-refractivity contribution is 7.10. The lowest BCUT2D eigenvalue weighted by molar-refractivity contribution is 0.0942. The van der Waals surface area contributed by atoms with Crippen LogP contribution in [0.4, 0.5) is 0 Å². The fourth-order valence-electron chi connectivity index (χ4n) is 2.04. The van der Waals surface area contributed by atoms with Gasteiger partial charge in [0.05, 0.1) is 23.3 Å². The van der Waals surface area contributed by atoms with E-state index in [0.717, 1.165) is 15.8 Å². The van der Waals surface area contributed by atoms with Gasteiger partial charge in [-0.25, -0.2) is 0 Å². The van der Waals surface area contributed by atoms with Gasteiger partial charge in [0.25, 0.3) is 5.91 Å². The molecule has 0 saturated carbocycles. The van der Waals surface area contributed by atoms with Gasteiger partial charge >= 0.3 is 0 Å². The number of amides is 1. The standard InChI is InChI=1S/C14H13N3OS/c1-9(12-6-3-7-19-12)16-14(18)11-5-2-4-10-8-15-17-13(10)11/h2-9H,1H3,(H,15,17)(H,16,18)/t9-/m0/s1. The molecule has 0 unspecified atom stereocenters. The Hall–Kier alpha value is -2.14. The van der Waals surface area contributed by atoms with Gasteiger partial charge in [0.1, 0.15) is 0 Å². The number of rotatable bonds is 3. The van der Waals surface area contributed by atoms with E-state index in [4.69, 9.17) is 0 Å². The summed E-state index contributed by atoms with van der Waals surface area (Å²) < 4.78 is 0. The molecule has 0 aliphatic rings. The highest BCUT2D eigenvalue weighted by Gasteiger charge is 2.15. The zero-order chi connectivity index (χ0) is 13.2. The third-order valence-electron chi connectivity index (χ3n) is 3.04. The van der Waals surface area contributed by atoms with Crippen molar-refractivity contribution < 1.29 is 4.79 Å². The van der Waals surface area contributed by atoms with Crippen molar-refractivity contribution in [2.45, 2.75) is 13.0 Å². The fourth-order valence-corrected chi connectivity index (χ4v) is 2.78. The monoisotopic (exact) mass is 271 g/mol. The Kier molecular flexibility index (Phi) is 3.05. The average Bonchev–Trinajstić information content (AvgIpc) is 3.08. The largest absolute Gasteiger partial charge is 0.345 e. The number of thiophene rings is 1. The van der Waals surface area contributed by atoms with Crippen molar-refractivity contribution in [2.24, 2.45) is 0 Å². The zero-order valence-electron chi connectivity index (χ0n) is 10.4. The third-order valence-corrected chi connectivity index (χ3v) is 4.09. The van der Waals surface area contributed by atoms with Crippen LogP contribution in [-0.2, 0) is 0 Å². The van der Waals surface area contributed by atoms with Crippen LogP contribution in [-0.4, -0.2) is 16.1 Å². The van der Waals surface area contributed by atoms with Gasteiger partial charge in [0, 0.05) is 10.3 Å². The van der Waals surface area contributed by atoms with Gasteiger partial charge in [0.15, 0.2) is 0 Å². The SMILES string of the molecule is C[C@H](NC(=O)c1cccc2cn[nH]c12)c1cccs1. The number of nitrogens with one attached hydrogen (secondary N) is 2. The van der Waals surface area contributed by atoms with Gasteiger partial charge in [-0.3, -0.25) is 9.89 Å². The molecule has 5 heteroatoms. The molecule has 19 heavy (non-hydrogen) atoms. The Balaban J connectivity index is 1.86. The molecule has 96 valence electrons. The lowest BCUT2D eigenvalue weighted by Gasteiger charge is -2.12. The van der Waals surface area contributed by atoms with Crippen LogP contribution in [0.5, 0.6) is 0 Å². The molecule has 1 amide bonds. The van der Waals surface area contributed by atoms with E-state index in [9.17, 15) is 4.79 Å². The molecule has 2 aromatic heterocycles. The lowest BCUT2D eigenvalue weighted by atomic mass is 10.1. The number of aromatic nitrogens is 2. The predicted molar refractivity (Wildman–Crippen MR) is 76.3 cm³/mol. The highest BCUT2D eigenvalue weighted by atomic mass is 32.1. The molecule has 2 N–H and O–H groups in total. The highest BCUT2D eigenvalue weighted by Crippen LogP contribution is 2.20. The first kappa shape index (κ1) is 11.9. The first-order chi connectivity index (χ1) is 9.25. The number of carbonyl (C=O) groups excluding carboxylic acids is 1. The number of hydrogen-bond donors (Lipinski definition) is 2. The molecule has 0 aliphatic heterocycles. The van der Waals surface area contributed by atoms with Gasteiger partial charge in [0.2, 0.25) is 0 Å². The Labute approximate surface area is 114 Å². The minimum absolute atomic E-state index is 0.00526. The molecule has 2 heterocycles. The maximum absolute atomic E-state index is 12.3. The van der Waals surface area contributed by atoms with Gasteiger partial charge in [-0.1, -0.05) is 18.2 Å². The summed E-state index contributed by atoms with van der Waals surface area (Å²) in [5.74, 6) is -0.0873. The van der Waals surface area contributed by atoms with E-state index < -0.39 is 0 Å². The van der Waals surface area contributed by atoms with Gasteiger partial charge in [-0.05, 0) is 24.4 Å². The maximum atomic E-state index is 12.3. The molecule has 0 fully saturated rings. The van der Waals surface area contributed by atoms with E-state index in [2.05, 4.69) is 15.5 Å². The second kappa shape index (κ2) is 4.85. The number of para-hydroxylation sites is 1. The van der Waals surface area contributed by atoms with Crippen molar-refractivity contribution in [2.75, 3.05) is 0 Å². The number of H-pyrrole nitrogens is 1. The summed E-state index contributed by atoms with van der Waals surface area (Å²) in [6.07, 6.45) is 1.72. The average molecular weight is 271 g/mol. The van der Waals surface area contributed by atoms with Crippen molar-refractivity contribution >= 4 is 28.1 Å². The molecule has 0 spiro atoms. The number of nitrogens with zero attached hydrogens (tertiary/aromatic N) is 1. The summed E-state index contributed by atoms with van der Waals surface area (Å²) in [4.78, 5) is 13.5. The fraction of sp³-hybridized carbons (Fsp3) is 0.143. The van der Waals surface area contributed by atoms with Crippen LogP contribution in [0.15, 0.2) is 41.9 Å². The van der Waals surface area contributed by atoms with Crippen LogP contribution >= 0.6 is 11.3 Å². The van der Waals surface area contributed by atoms with Crippen molar-refractivity contribution in [1.29, 1.82) is 0 Å². The van der Waals surface area contributed by atoms with Crippen molar-refractivity contribution in [1.82, 2.24) is 15.5 Å². The number of hydrogen-bond acceptors (Lipinski definition) is 3. The van der Waals surface area contributed by atoms with E-state index in [1.807, 2.05) is 36.6 Å². The molecular weight excluding hydrogens is 258 g/mol. The first-order valence-corrected chi connectivity index (χ1v) is 6.90. The van der Waals surface area contributed by atoms with Crippen LogP contribution in [0, 0.1) is 0 Å². The summed E-state index contributed by atoms with van der Waals surface area (Å²) in [6.45, 7) is 1.98. The minimum Gasteiger partial charge on any atom is -0.345 e. The Bertz CT molecular complexity index is 702. The smallest absolute Gasteiger partial charge is 0.253 e. The number of aromatic amines is 1. The maximum Gasteiger partial charge on any atom is 0.253 e. The lowest BCUT2D eigenvalue weighted by Crippen LogP contribution is -2.26. The van der Waals surface area contributed by atoms with Crippen molar-refractivity contribution in [3.63, 3.8) is 0 Å². The summed E-state index contributed by atoms with van der Waals surface area (Å²) in [6, 6.07) is 9.60. The number of fused-ring (bicyclic) bond motifs is 1. The van der Waals surface area contributed by atoms with Gasteiger partial charge < -0.3 is 5.32 Å². The van der Waals surface area contributed by atoms with Gasteiger partial charge in [-0.15, -0.1) is 11.3 Å². The van der Waals surface area contributed by atoms with E-state index in [-0.39, 0.29) is 11.9 Å². The second-order valence-electron chi connectivity index (χ2n) is 4.35. The molecule has 1 aromatic carbocycles. The topological polar surface area (TPSA) is 57.8 Å². The third kappa shape index (κ3) is 2.24. The molecule has 3 rings (SSSR count). The Morgan fingerprint density at radius 2 is 2.26 bits per heavy atom. The first-order valence-electron chi connectivity index (χ1n) is 6.02. The van der Waals surface area contributed by atoms with Gasteiger partial charge in [-0.2, -0.15) is 5.10 Å². The molecule has 0 aliphatic carbocycles. The van der Waals surface area contributed by atoms with Crippen LogP contribution in [0.3, 0.4) is 0 Å². The van der Waals surface area contributed by atoms with Crippen molar-refractivity contribution in [3.8, 4) is 0 Å². The van der Waals surface area contributed by atoms with Crippen molar-refractivity contribution in [3.05, 3.63) is 52.3 Å². The summed E-state index contributed by atoms with van der Waals surface area (Å²) in [5, 5.41) is 12.8. The minimum atomic E-state index is -0.0873. The van der Waals surface area contributed by atoms with E-state index in [0.29, 0.717) is 5.56 Å². The second-order valence-corrected chi connectivity index (χ2v) is 5.33.